The number of nitrogens with zero attached hydrogens (tertiary/aromatic N) is 1. The molecule has 2 heterocycles. The largest absolute Gasteiger partial charge is 0.459 e. The molecule has 0 aliphatic heterocycles. The lowest BCUT2D eigenvalue weighted by Crippen LogP contribution is -2.10. The summed E-state index contributed by atoms with van der Waals surface area (Å²) in [6.45, 7) is 1.78. The second-order valence-electron chi connectivity index (χ2n) is 3.85. The Morgan fingerprint density at radius 1 is 1.33 bits per heavy atom. The number of hydrogen-bond donors (Lipinski definition) is 1. The number of fused-ring (bicyclic) bond motifs is 1. The molecule has 1 amide bonds. The molecule has 3 aromatic rings. The fraction of sp³-hybridized carbons (Fsp3) is 0.0769. The van der Waals surface area contributed by atoms with Gasteiger partial charge in [0.2, 0.25) is 0 Å². The highest BCUT2D eigenvalue weighted by molar-refractivity contribution is 6.02. The molecule has 1 aromatic carbocycles. The Labute approximate surface area is 102 Å². The lowest BCUT2D eigenvalue weighted by Gasteiger charge is -2.01. The van der Waals surface area contributed by atoms with Crippen LogP contribution in [-0.2, 0) is 0 Å². The van der Waals surface area contributed by atoms with E-state index in [-0.39, 0.29) is 11.7 Å². The topological polar surface area (TPSA) is 68.3 Å². The molecule has 0 aliphatic carbocycles. The third-order valence-corrected chi connectivity index (χ3v) is 2.50. The van der Waals surface area contributed by atoms with Crippen LogP contribution in [0.25, 0.3) is 11.1 Å². The first-order valence-corrected chi connectivity index (χ1v) is 5.44. The van der Waals surface area contributed by atoms with Gasteiger partial charge in [0.1, 0.15) is 5.52 Å². The van der Waals surface area contributed by atoms with Crippen LogP contribution in [-0.4, -0.2) is 10.9 Å². The van der Waals surface area contributed by atoms with Crippen LogP contribution in [0.15, 0.2) is 45.4 Å². The number of carbonyl (C=O) groups is 1. The highest BCUT2D eigenvalue weighted by Crippen LogP contribution is 2.20. The number of aromatic nitrogens is 1. The van der Waals surface area contributed by atoms with Gasteiger partial charge in [-0.25, -0.2) is 4.98 Å². The fourth-order valence-corrected chi connectivity index (χ4v) is 1.72. The number of hydrogen-bond acceptors (Lipinski definition) is 4. The van der Waals surface area contributed by atoms with Gasteiger partial charge >= 0.3 is 0 Å². The van der Waals surface area contributed by atoms with Crippen molar-refractivity contribution in [3.05, 3.63) is 48.2 Å². The van der Waals surface area contributed by atoms with Crippen LogP contribution in [0.1, 0.15) is 16.4 Å². The highest BCUT2D eigenvalue weighted by Gasteiger charge is 2.10. The Morgan fingerprint density at radius 2 is 2.22 bits per heavy atom. The Kier molecular flexibility index (Phi) is 2.37. The molecule has 0 bridgehead atoms. The molecule has 0 aliphatic rings. The average molecular weight is 242 g/mol. The molecule has 18 heavy (non-hydrogen) atoms. The van der Waals surface area contributed by atoms with Crippen molar-refractivity contribution in [3.8, 4) is 0 Å². The molecule has 1 N–H and O–H groups in total. The van der Waals surface area contributed by atoms with Gasteiger partial charge in [-0.1, -0.05) is 0 Å². The normalized spacial score (nSPS) is 10.7. The quantitative estimate of drug-likeness (QED) is 0.750. The van der Waals surface area contributed by atoms with Crippen molar-refractivity contribution in [1.29, 1.82) is 0 Å². The summed E-state index contributed by atoms with van der Waals surface area (Å²) in [7, 11) is 0. The molecule has 5 nitrogen and oxygen atoms in total. The number of rotatable bonds is 2. The minimum atomic E-state index is -0.292. The minimum absolute atomic E-state index is 0.270. The summed E-state index contributed by atoms with van der Waals surface area (Å²) < 4.78 is 10.4. The highest BCUT2D eigenvalue weighted by atomic mass is 16.3. The van der Waals surface area contributed by atoms with Gasteiger partial charge in [-0.05, 0) is 30.3 Å². The van der Waals surface area contributed by atoms with E-state index in [0.717, 1.165) is 0 Å². The number of amides is 1. The van der Waals surface area contributed by atoms with Gasteiger partial charge in [-0.2, -0.15) is 0 Å². The minimum Gasteiger partial charge on any atom is -0.459 e. The van der Waals surface area contributed by atoms with Crippen molar-refractivity contribution in [1.82, 2.24) is 4.98 Å². The number of furan rings is 1. The summed E-state index contributed by atoms with van der Waals surface area (Å²) in [6, 6.07) is 8.56. The van der Waals surface area contributed by atoms with Crippen LogP contribution in [0.5, 0.6) is 0 Å². The van der Waals surface area contributed by atoms with Gasteiger partial charge < -0.3 is 14.2 Å². The van der Waals surface area contributed by atoms with Crippen LogP contribution in [0, 0.1) is 6.92 Å². The maximum Gasteiger partial charge on any atom is 0.291 e. The van der Waals surface area contributed by atoms with Gasteiger partial charge in [0.15, 0.2) is 17.2 Å². The van der Waals surface area contributed by atoms with Crippen molar-refractivity contribution in [2.45, 2.75) is 6.92 Å². The maximum atomic E-state index is 11.8. The van der Waals surface area contributed by atoms with E-state index in [4.69, 9.17) is 8.83 Å². The number of oxazole rings is 1. The van der Waals surface area contributed by atoms with Crippen LogP contribution in [0.3, 0.4) is 0 Å². The Hall–Kier alpha value is -2.56. The van der Waals surface area contributed by atoms with Crippen LogP contribution in [0.2, 0.25) is 0 Å². The first-order chi connectivity index (χ1) is 8.72. The second kappa shape index (κ2) is 4.03. The van der Waals surface area contributed by atoms with Crippen molar-refractivity contribution in [2.24, 2.45) is 0 Å². The molecule has 2 aromatic heterocycles. The lowest BCUT2D eigenvalue weighted by atomic mass is 10.3. The maximum absolute atomic E-state index is 11.8. The summed E-state index contributed by atoms with van der Waals surface area (Å²) in [4.78, 5) is 16.0. The molecule has 0 saturated carbocycles. The zero-order chi connectivity index (χ0) is 12.5. The first-order valence-electron chi connectivity index (χ1n) is 5.44. The van der Waals surface area contributed by atoms with Gasteiger partial charge in [0.05, 0.1) is 6.26 Å². The van der Waals surface area contributed by atoms with E-state index in [0.29, 0.717) is 22.7 Å². The van der Waals surface area contributed by atoms with E-state index in [1.54, 1.807) is 37.3 Å². The third-order valence-electron chi connectivity index (χ3n) is 2.50. The van der Waals surface area contributed by atoms with Crippen molar-refractivity contribution in [2.75, 3.05) is 5.32 Å². The predicted molar refractivity (Wildman–Crippen MR) is 65.4 cm³/mol. The standard InChI is InChI=1S/C13H10N2O3/c1-8-14-10-7-9(4-5-11(10)18-8)15-13(16)12-3-2-6-17-12/h2-7H,1H3,(H,15,16). The van der Waals surface area contributed by atoms with E-state index in [9.17, 15) is 4.79 Å². The molecule has 90 valence electrons. The third kappa shape index (κ3) is 1.86. The van der Waals surface area contributed by atoms with E-state index in [1.807, 2.05) is 0 Å². The monoisotopic (exact) mass is 242 g/mol. The summed E-state index contributed by atoms with van der Waals surface area (Å²) in [5.41, 5.74) is 2.06. The van der Waals surface area contributed by atoms with Crippen LogP contribution >= 0.6 is 0 Å². The Bertz CT molecular complexity index is 698. The summed E-state index contributed by atoms with van der Waals surface area (Å²) in [5, 5.41) is 2.73. The molecule has 0 saturated heterocycles. The number of anilines is 1. The fourth-order valence-electron chi connectivity index (χ4n) is 1.72. The molecule has 0 radical (unpaired) electrons. The smallest absolute Gasteiger partial charge is 0.291 e. The summed E-state index contributed by atoms with van der Waals surface area (Å²) in [5.74, 6) is 0.575. The number of nitrogens with one attached hydrogen (secondary N) is 1. The van der Waals surface area contributed by atoms with Gasteiger partial charge in [0.25, 0.3) is 5.91 Å². The number of carbonyl (C=O) groups excluding carboxylic acids is 1. The predicted octanol–water partition coefficient (Wildman–Crippen LogP) is 2.98. The second-order valence-corrected chi connectivity index (χ2v) is 3.85. The number of benzene rings is 1. The van der Waals surface area contributed by atoms with Crippen molar-refractivity contribution < 1.29 is 13.6 Å². The van der Waals surface area contributed by atoms with Gasteiger partial charge in [-0.15, -0.1) is 0 Å². The van der Waals surface area contributed by atoms with E-state index in [2.05, 4.69) is 10.3 Å². The molecule has 5 heteroatoms. The molecular weight excluding hydrogens is 232 g/mol. The molecule has 0 fully saturated rings. The summed E-state index contributed by atoms with van der Waals surface area (Å²) in [6.07, 6.45) is 1.46. The molecular formula is C13H10N2O3. The van der Waals surface area contributed by atoms with Crippen molar-refractivity contribution in [3.63, 3.8) is 0 Å². The lowest BCUT2D eigenvalue weighted by molar-refractivity contribution is 0.0996. The average Bonchev–Trinajstić information content (AvgIpc) is 2.95. The zero-order valence-corrected chi connectivity index (χ0v) is 9.64. The van der Waals surface area contributed by atoms with E-state index < -0.39 is 0 Å². The Morgan fingerprint density at radius 3 is 3.00 bits per heavy atom. The zero-order valence-electron chi connectivity index (χ0n) is 9.64. The van der Waals surface area contributed by atoms with Crippen LogP contribution < -0.4 is 5.32 Å². The summed E-state index contributed by atoms with van der Waals surface area (Å²) >= 11 is 0. The van der Waals surface area contributed by atoms with Crippen LogP contribution in [0.4, 0.5) is 5.69 Å². The molecule has 3 rings (SSSR count). The number of aryl methyl sites for hydroxylation is 1. The van der Waals surface area contributed by atoms with E-state index in [1.165, 1.54) is 6.26 Å². The SMILES string of the molecule is Cc1nc2cc(NC(=O)c3ccco3)ccc2o1. The van der Waals surface area contributed by atoms with Gasteiger partial charge in [-0.3, -0.25) is 4.79 Å². The molecule has 0 spiro atoms. The van der Waals surface area contributed by atoms with Gasteiger partial charge in [0, 0.05) is 12.6 Å². The molecule has 0 unspecified atom stereocenters. The molecule has 0 atom stereocenters. The Balaban J connectivity index is 1.88. The first kappa shape index (κ1) is 10.6. The van der Waals surface area contributed by atoms with E-state index >= 15 is 0 Å². The van der Waals surface area contributed by atoms with Crippen molar-refractivity contribution >= 4 is 22.7 Å².